The Balaban J connectivity index is 2.30. The second-order valence-electron chi connectivity index (χ2n) is 3.39. The fraction of sp³-hybridized carbons (Fsp3) is 0.556. The average molecular weight is 228 g/mol. The predicted molar refractivity (Wildman–Crippen MR) is 60.7 cm³/mol. The van der Waals surface area contributed by atoms with E-state index in [0.29, 0.717) is 17.5 Å². The highest BCUT2D eigenvalue weighted by molar-refractivity contribution is 7.81. The molecule has 0 radical (unpaired) electrons. The zero-order chi connectivity index (χ0) is 10.1. The highest BCUT2D eigenvalue weighted by atomic mass is 32.1. The van der Waals surface area contributed by atoms with Gasteiger partial charge in [0.1, 0.15) is 10.00 Å². The van der Waals surface area contributed by atoms with Crippen LogP contribution in [0.25, 0.3) is 0 Å². The predicted octanol–water partition coefficient (Wildman–Crippen LogP) is 1.80. The Morgan fingerprint density at radius 1 is 1.71 bits per heavy atom. The minimum Gasteiger partial charge on any atom is -0.389 e. The van der Waals surface area contributed by atoms with Crippen LogP contribution in [0.4, 0.5) is 0 Å². The lowest BCUT2D eigenvalue weighted by molar-refractivity contribution is 0.184. The molecule has 1 aliphatic carbocycles. The summed E-state index contributed by atoms with van der Waals surface area (Å²) in [7, 11) is 1.67. The van der Waals surface area contributed by atoms with Gasteiger partial charge in [-0.1, -0.05) is 12.2 Å². The van der Waals surface area contributed by atoms with Crippen LogP contribution in [-0.4, -0.2) is 17.1 Å². The molecule has 0 atom stereocenters. The van der Waals surface area contributed by atoms with E-state index in [1.54, 1.807) is 18.4 Å². The van der Waals surface area contributed by atoms with E-state index in [9.17, 15) is 0 Å². The van der Waals surface area contributed by atoms with Gasteiger partial charge in [0, 0.05) is 13.0 Å². The summed E-state index contributed by atoms with van der Waals surface area (Å²) in [6.45, 7) is 0.549. The zero-order valence-corrected chi connectivity index (χ0v) is 9.58. The quantitative estimate of drug-likeness (QED) is 0.798. The van der Waals surface area contributed by atoms with Crippen LogP contribution in [0.5, 0.6) is 0 Å². The van der Waals surface area contributed by atoms with Gasteiger partial charge in [0.15, 0.2) is 0 Å². The molecule has 0 aliphatic heterocycles. The first kappa shape index (κ1) is 10.0. The van der Waals surface area contributed by atoms with E-state index in [1.165, 1.54) is 12.8 Å². The van der Waals surface area contributed by atoms with Crippen molar-refractivity contribution >= 4 is 28.5 Å². The number of hydrogen-bond donors (Lipinski definition) is 1. The number of hydrogen-bond acceptors (Lipinski definition) is 4. The normalized spacial score (nSPS) is 15.8. The van der Waals surface area contributed by atoms with Crippen molar-refractivity contribution in [3.63, 3.8) is 0 Å². The molecular weight excluding hydrogens is 216 g/mol. The highest BCUT2D eigenvalue weighted by Crippen LogP contribution is 2.42. The summed E-state index contributed by atoms with van der Waals surface area (Å²) in [5.74, 6) is 0.591. The first-order valence-electron chi connectivity index (χ1n) is 4.50. The van der Waals surface area contributed by atoms with E-state index < -0.39 is 0 Å². The van der Waals surface area contributed by atoms with Gasteiger partial charge in [-0.25, -0.2) is 4.98 Å². The number of ether oxygens (including phenoxy) is 1. The van der Waals surface area contributed by atoms with E-state index in [-0.39, 0.29) is 0 Å². The van der Waals surface area contributed by atoms with Crippen molar-refractivity contribution in [1.82, 2.24) is 4.98 Å². The van der Waals surface area contributed by atoms with Crippen LogP contribution in [0, 0.1) is 0 Å². The first-order chi connectivity index (χ1) is 6.72. The van der Waals surface area contributed by atoms with Gasteiger partial charge in [0.2, 0.25) is 0 Å². The van der Waals surface area contributed by atoms with Crippen molar-refractivity contribution in [3.8, 4) is 0 Å². The lowest BCUT2D eigenvalue weighted by atomic mass is 10.2. The number of thiazole rings is 1. The molecule has 0 amide bonds. The van der Waals surface area contributed by atoms with Gasteiger partial charge in [-0.15, -0.1) is 11.3 Å². The molecule has 3 nitrogen and oxygen atoms in total. The average Bonchev–Trinajstić information content (AvgIpc) is 2.88. The molecule has 14 heavy (non-hydrogen) atoms. The number of nitrogens with two attached hydrogens (primary N) is 1. The van der Waals surface area contributed by atoms with E-state index >= 15 is 0 Å². The molecule has 1 aromatic heterocycles. The molecule has 1 fully saturated rings. The molecule has 5 heteroatoms. The second kappa shape index (κ2) is 3.92. The summed E-state index contributed by atoms with van der Waals surface area (Å²) in [4.78, 5) is 5.95. The number of methoxy groups -OCH3 is 1. The summed E-state index contributed by atoms with van der Waals surface area (Å²) in [5.41, 5.74) is 6.74. The van der Waals surface area contributed by atoms with Crippen LogP contribution in [0.15, 0.2) is 0 Å². The van der Waals surface area contributed by atoms with Gasteiger partial charge in [0.25, 0.3) is 0 Å². The van der Waals surface area contributed by atoms with E-state index in [4.69, 9.17) is 22.7 Å². The third-order valence-corrected chi connectivity index (χ3v) is 3.56. The molecule has 0 bridgehead atoms. The molecule has 2 rings (SSSR count). The van der Waals surface area contributed by atoms with Gasteiger partial charge < -0.3 is 10.5 Å². The summed E-state index contributed by atoms with van der Waals surface area (Å²) < 4.78 is 5.04. The molecule has 76 valence electrons. The fourth-order valence-electron chi connectivity index (χ4n) is 1.37. The zero-order valence-electron chi connectivity index (χ0n) is 7.95. The summed E-state index contributed by atoms with van der Waals surface area (Å²) in [6, 6.07) is 0. The standard InChI is InChI=1S/C9H12N2OS2/c1-12-4-6-11-7(5-2-3-5)8(14-6)9(10)13/h5H,2-4H2,1H3,(H2,10,13). The maximum Gasteiger partial charge on any atom is 0.119 e. The van der Waals surface area contributed by atoms with Gasteiger partial charge in [-0.2, -0.15) is 0 Å². The van der Waals surface area contributed by atoms with E-state index in [0.717, 1.165) is 15.6 Å². The lowest BCUT2D eigenvalue weighted by Crippen LogP contribution is -2.09. The Bertz CT molecular complexity index is 358. The molecular formula is C9H12N2OS2. The summed E-state index contributed by atoms with van der Waals surface area (Å²) in [5, 5.41) is 0.970. The molecule has 0 spiro atoms. The molecule has 1 aromatic rings. The summed E-state index contributed by atoms with van der Waals surface area (Å²) in [6.07, 6.45) is 2.43. The van der Waals surface area contributed by atoms with Gasteiger partial charge >= 0.3 is 0 Å². The van der Waals surface area contributed by atoms with Crippen molar-refractivity contribution in [1.29, 1.82) is 0 Å². The van der Waals surface area contributed by atoms with Crippen LogP contribution in [0.3, 0.4) is 0 Å². The molecule has 0 aromatic carbocycles. The van der Waals surface area contributed by atoms with Crippen molar-refractivity contribution < 1.29 is 4.74 Å². The lowest BCUT2D eigenvalue weighted by Gasteiger charge is -1.95. The molecule has 0 unspecified atom stereocenters. The number of rotatable bonds is 4. The Hall–Kier alpha value is -0.520. The monoisotopic (exact) mass is 228 g/mol. The number of thiocarbonyl (C=S) groups is 1. The van der Waals surface area contributed by atoms with Crippen molar-refractivity contribution in [3.05, 3.63) is 15.6 Å². The smallest absolute Gasteiger partial charge is 0.119 e. The first-order valence-corrected chi connectivity index (χ1v) is 5.73. The van der Waals surface area contributed by atoms with Crippen LogP contribution < -0.4 is 5.73 Å². The van der Waals surface area contributed by atoms with Gasteiger partial charge in [0.05, 0.1) is 17.2 Å². The third-order valence-electron chi connectivity index (χ3n) is 2.15. The minimum absolute atomic E-state index is 0.465. The second-order valence-corrected chi connectivity index (χ2v) is 4.92. The Morgan fingerprint density at radius 3 is 2.93 bits per heavy atom. The SMILES string of the molecule is COCc1nc(C2CC2)c(C(N)=S)s1. The maximum atomic E-state index is 5.65. The topological polar surface area (TPSA) is 48.1 Å². The van der Waals surface area contributed by atoms with E-state index in [1.807, 2.05) is 0 Å². The Morgan fingerprint density at radius 2 is 2.43 bits per heavy atom. The molecule has 2 N–H and O–H groups in total. The van der Waals surface area contributed by atoms with Crippen LogP contribution in [-0.2, 0) is 11.3 Å². The molecule has 1 saturated carbocycles. The third kappa shape index (κ3) is 1.94. The Labute approximate surface area is 92.3 Å². The molecule has 0 saturated heterocycles. The van der Waals surface area contributed by atoms with E-state index in [2.05, 4.69) is 4.98 Å². The molecule has 1 aliphatic rings. The Kier molecular flexibility index (Phi) is 2.80. The largest absolute Gasteiger partial charge is 0.389 e. The highest BCUT2D eigenvalue weighted by Gasteiger charge is 2.30. The van der Waals surface area contributed by atoms with Crippen molar-refractivity contribution in [2.24, 2.45) is 5.73 Å². The van der Waals surface area contributed by atoms with Crippen molar-refractivity contribution in [2.45, 2.75) is 25.4 Å². The number of nitrogens with zero attached hydrogens (tertiary/aromatic N) is 1. The van der Waals surface area contributed by atoms with Crippen LogP contribution >= 0.6 is 23.6 Å². The minimum atomic E-state index is 0.465. The van der Waals surface area contributed by atoms with Crippen LogP contribution in [0.2, 0.25) is 0 Å². The van der Waals surface area contributed by atoms with Gasteiger partial charge in [-0.3, -0.25) is 0 Å². The fourth-order valence-corrected chi connectivity index (χ4v) is 2.58. The summed E-state index contributed by atoms with van der Waals surface area (Å²) >= 11 is 6.56. The van der Waals surface area contributed by atoms with Crippen LogP contribution in [0.1, 0.15) is 34.3 Å². The van der Waals surface area contributed by atoms with Gasteiger partial charge in [-0.05, 0) is 12.8 Å². The van der Waals surface area contributed by atoms with Crippen molar-refractivity contribution in [2.75, 3.05) is 7.11 Å². The number of aromatic nitrogens is 1. The molecule has 1 heterocycles. The maximum absolute atomic E-state index is 5.65.